The van der Waals surface area contributed by atoms with Crippen molar-refractivity contribution in [2.45, 2.75) is 38.1 Å². The molecule has 3 aromatic rings. The Balaban J connectivity index is 1.64. The van der Waals surface area contributed by atoms with Crippen molar-refractivity contribution in [1.29, 1.82) is 0 Å². The third kappa shape index (κ3) is 3.61. The zero-order valence-electron chi connectivity index (χ0n) is 14.7. The zero-order chi connectivity index (χ0) is 17.9. The maximum atomic E-state index is 11.1. The summed E-state index contributed by atoms with van der Waals surface area (Å²) >= 11 is 1.87. The molecule has 2 aromatic carbocycles. The SMILES string of the molecule is O=C(O)c1ccc(NC(c2cc3ccccc3s2)C2CCCCC2)cc1. The van der Waals surface area contributed by atoms with Crippen molar-refractivity contribution in [3.05, 3.63) is 65.0 Å². The first kappa shape index (κ1) is 17.1. The normalized spacial score (nSPS) is 16.5. The summed E-state index contributed by atoms with van der Waals surface area (Å²) in [6.45, 7) is 0. The molecule has 1 fully saturated rings. The quantitative estimate of drug-likeness (QED) is 0.555. The molecule has 0 radical (unpaired) electrons. The monoisotopic (exact) mass is 365 g/mol. The number of carboxylic acid groups (broad SMARTS) is 1. The van der Waals surface area contributed by atoms with Crippen LogP contribution < -0.4 is 5.32 Å². The number of benzene rings is 2. The molecule has 2 N–H and O–H groups in total. The number of carboxylic acids is 1. The van der Waals surface area contributed by atoms with E-state index >= 15 is 0 Å². The Morgan fingerprint density at radius 3 is 2.46 bits per heavy atom. The molecular formula is C22H23NO2S. The topological polar surface area (TPSA) is 49.3 Å². The van der Waals surface area contributed by atoms with Crippen molar-refractivity contribution < 1.29 is 9.90 Å². The molecule has 1 aliphatic carbocycles. The van der Waals surface area contributed by atoms with Gasteiger partial charge in [-0.05, 0) is 60.5 Å². The summed E-state index contributed by atoms with van der Waals surface area (Å²) in [5, 5.41) is 14.1. The van der Waals surface area contributed by atoms with Crippen LogP contribution in [0.15, 0.2) is 54.6 Å². The van der Waals surface area contributed by atoms with Gasteiger partial charge in [-0.25, -0.2) is 4.79 Å². The third-order valence-electron chi connectivity index (χ3n) is 5.33. The summed E-state index contributed by atoms with van der Waals surface area (Å²) in [5.41, 5.74) is 1.31. The second-order valence-electron chi connectivity index (χ2n) is 7.09. The molecule has 0 spiro atoms. The molecule has 4 heteroatoms. The van der Waals surface area contributed by atoms with E-state index < -0.39 is 5.97 Å². The largest absolute Gasteiger partial charge is 0.478 e. The van der Waals surface area contributed by atoms with Gasteiger partial charge in [0.2, 0.25) is 0 Å². The van der Waals surface area contributed by atoms with Crippen LogP contribution in [0, 0.1) is 5.92 Å². The van der Waals surface area contributed by atoms with E-state index in [0.29, 0.717) is 11.5 Å². The summed E-state index contributed by atoms with van der Waals surface area (Å²) in [4.78, 5) is 12.5. The van der Waals surface area contributed by atoms with E-state index in [1.807, 2.05) is 23.5 Å². The Labute approximate surface area is 157 Å². The van der Waals surface area contributed by atoms with Gasteiger partial charge in [0.25, 0.3) is 0 Å². The van der Waals surface area contributed by atoms with Crippen molar-refractivity contribution in [2.24, 2.45) is 5.92 Å². The van der Waals surface area contributed by atoms with Crippen LogP contribution in [-0.2, 0) is 0 Å². The second-order valence-corrected chi connectivity index (χ2v) is 8.20. The Morgan fingerprint density at radius 1 is 1.04 bits per heavy atom. The molecule has 134 valence electrons. The molecule has 26 heavy (non-hydrogen) atoms. The summed E-state index contributed by atoms with van der Waals surface area (Å²) in [7, 11) is 0. The van der Waals surface area contributed by atoms with Gasteiger partial charge in [-0.1, -0.05) is 37.5 Å². The van der Waals surface area contributed by atoms with E-state index in [1.165, 1.54) is 47.1 Å². The average Bonchev–Trinajstić information content (AvgIpc) is 3.11. The summed E-state index contributed by atoms with van der Waals surface area (Å²) in [6.07, 6.45) is 6.43. The van der Waals surface area contributed by atoms with Crippen LogP contribution in [0.5, 0.6) is 0 Å². The minimum absolute atomic E-state index is 0.281. The van der Waals surface area contributed by atoms with Crippen molar-refractivity contribution in [2.75, 3.05) is 5.32 Å². The lowest BCUT2D eigenvalue weighted by Crippen LogP contribution is -2.22. The van der Waals surface area contributed by atoms with E-state index in [0.717, 1.165) is 5.69 Å². The standard InChI is InChI=1S/C22H23NO2S/c24-22(25)16-10-12-18(13-11-16)23-21(15-6-2-1-3-7-15)20-14-17-8-4-5-9-19(17)26-20/h4-5,8-15,21,23H,1-3,6-7H2,(H,24,25). The van der Waals surface area contributed by atoms with Gasteiger partial charge in [0.1, 0.15) is 0 Å². The highest BCUT2D eigenvalue weighted by Crippen LogP contribution is 2.41. The summed E-state index contributed by atoms with van der Waals surface area (Å²) in [6, 6.07) is 18.3. The van der Waals surface area contributed by atoms with Gasteiger partial charge in [-0.2, -0.15) is 0 Å². The summed E-state index contributed by atoms with van der Waals surface area (Å²) in [5.74, 6) is -0.263. The molecule has 0 bridgehead atoms. The van der Waals surface area contributed by atoms with E-state index in [4.69, 9.17) is 5.11 Å². The van der Waals surface area contributed by atoms with Crippen LogP contribution in [0.25, 0.3) is 10.1 Å². The lowest BCUT2D eigenvalue weighted by molar-refractivity contribution is 0.0697. The number of thiophene rings is 1. The molecule has 4 rings (SSSR count). The molecule has 1 saturated carbocycles. The Morgan fingerprint density at radius 2 is 1.77 bits per heavy atom. The highest BCUT2D eigenvalue weighted by Gasteiger charge is 2.26. The van der Waals surface area contributed by atoms with Crippen LogP contribution in [0.2, 0.25) is 0 Å². The molecule has 1 heterocycles. The highest BCUT2D eigenvalue weighted by atomic mass is 32.1. The maximum Gasteiger partial charge on any atom is 0.335 e. The lowest BCUT2D eigenvalue weighted by Gasteiger charge is -2.31. The van der Waals surface area contributed by atoms with Gasteiger partial charge in [0, 0.05) is 15.3 Å². The fourth-order valence-electron chi connectivity index (χ4n) is 3.93. The number of nitrogens with one attached hydrogen (secondary N) is 1. The van der Waals surface area contributed by atoms with Gasteiger partial charge < -0.3 is 10.4 Å². The number of fused-ring (bicyclic) bond motifs is 1. The zero-order valence-corrected chi connectivity index (χ0v) is 15.5. The predicted molar refractivity (Wildman–Crippen MR) is 108 cm³/mol. The number of aromatic carboxylic acids is 1. The van der Waals surface area contributed by atoms with Gasteiger partial charge in [-0.3, -0.25) is 0 Å². The van der Waals surface area contributed by atoms with Crippen LogP contribution >= 0.6 is 11.3 Å². The summed E-state index contributed by atoms with van der Waals surface area (Å²) < 4.78 is 1.33. The Hall–Kier alpha value is -2.33. The highest BCUT2D eigenvalue weighted by molar-refractivity contribution is 7.19. The van der Waals surface area contributed by atoms with Gasteiger partial charge in [-0.15, -0.1) is 11.3 Å². The Bertz CT molecular complexity index is 861. The van der Waals surface area contributed by atoms with E-state index in [-0.39, 0.29) is 6.04 Å². The number of hydrogen-bond acceptors (Lipinski definition) is 3. The molecule has 1 atom stereocenters. The Kier molecular flexibility index (Phi) is 4.93. The first-order valence-corrected chi connectivity index (χ1v) is 10.1. The maximum absolute atomic E-state index is 11.1. The van der Waals surface area contributed by atoms with Gasteiger partial charge in [0.15, 0.2) is 0 Å². The third-order valence-corrected chi connectivity index (χ3v) is 6.53. The predicted octanol–water partition coefficient (Wildman–Crippen LogP) is 6.33. The first-order chi connectivity index (χ1) is 12.7. The van der Waals surface area contributed by atoms with Crippen molar-refractivity contribution in [3.8, 4) is 0 Å². The fourth-order valence-corrected chi connectivity index (χ4v) is 5.14. The number of rotatable bonds is 5. The minimum atomic E-state index is -0.884. The van der Waals surface area contributed by atoms with Crippen molar-refractivity contribution in [1.82, 2.24) is 0 Å². The minimum Gasteiger partial charge on any atom is -0.478 e. The number of hydrogen-bond donors (Lipinski definition) is 2. The van der Waals surface area contributed by atoms with Crippen LogP contribution in [0.1, 0.15) is 53.4 Å². The van der Waals surface area contributed by atoms with Crippen molar-refractivity contribution in [3.63, 3.8) is 0 Å². The molecule has 0 saturated heterocycles. The lowest BCUT2D eigenvalue weighted by atomic mass is 9.83. The van der Waals surface area contributed by atoms with E-state index in [1.54, 1.807) is 12.1 Å². The molecule has 1 aromatic heterocycles. The smallest absolute Gasteiger partial charge is 0.335 e. The van der Waals surface area contributed by atoms with Gasteiger partial charge >= 0.3 is 5.97 Å². The van der Waals surface area contributed by atoms with Crippen LogP contribution in [0.3, 0.4) is 0 Å². The van der Waals surface area contributed by atoms with E-state index in [2.05, 4.69) is 35.6 Å². The van der Waals surface area contributed by atoms with Gasteiger partial charge in [0.05, 0.1) is 11.6 Å². The molecule has 3 nitrogen and oxygen atoms in total. The van der Waals surface area contributed by atoms with Crippen LogP contribution in [-0.4, -0.2) is 11.1 Å². The van der Waals surface area contributed by atoms with Crippen molar-refractivity contribution >= 4 is 33.1 Å². The fraction of sp³-hybridized carbons (Fsp3) is 0.318. The van der Waals surface area contributed by atoms with Crippen LogP contribution in [0.4, 0.5) is 5.69 Å². The second kappa shape index (κ2) is 7.50. The molecule has 0 amide bonds. The number of anilines is 1. The molecule has 0 aliphatic heterocycles. The molecule has 1 aliphatic rings. The number of carbonyl (C=O) groups is 1. The first-order valence-electron chi connectivity index (χ1n) is 9.29. The van der Waals surface area contributed by atoms with E-state index in [9.17, 15) is 4.79 Å². The average molecular weight is 365 g/mol. The molecule has 1 unspecified atom stereocenters. The molecular weight excluding hydrogens is 342 g/mol.